The Hall–Kier alpha value is -1.18. The number of rotatable bonds is 7. The van der Waals surface area contributed by atoms with E-state index in [0.717, 1.165) is 19.4 Å². The predicted octanol–water partition coefficient (Wildman–Crippen LogP) is -0.0696. The smallest absolute Gasteiger partial charge is 0.332 e. The molecule has 0 spiro atoms. The summed E-state index contributed by atoms with van der Waals surface area (Å²) in [6.07, 6.45) is 1.18. The van der Waals surface area contributed by atoms with Gasteiger partial charge in [-0.15, -0.1) is 0 Å². The molecule has 0 aliphatic carbocycles. The second-order valence-corrected chi connectivity index (χ2v) is 5.03. The van der Waals surface area contributed by atoms with Crippen LogP contribution in [0.1, 0.15) is 25.7 Å². The zero-order chi connectivity index (χ0) is 14.4. The van der Waals surface area contributed by atoms with Crippen LogP contribution in [0.15, 0.2) is 0 Å². The molecule has 2 saturated heterocycles. The lowest BCUT2D eigenvalue weighted by Crippen LogP contribution is -2.36. The molecule has 2 aliphatic heterocycles. The summed E-state index contributed by atoms with van der Waals surface area (Å²) in [6, 6.07) is 0. The minimum Gasteiger partial charge on any atom is -0.479 e. The number of hydrogen-bond donors (Lipinski definition) is 2. The third-order valence-corrected chi connectivity index (χ3v) is 3.45. The fraction of sp³-hybridized carbons (Fsp3) is 0.846. The highest BCUT2D eigenvalue weighted by Crippen LogP contribution is 2.19. The van der Waals surface area contributed by atoms with Crippen LogP contribution in [0.2, 0.25) is 0 Å². The number of carboxylic acid groups (broad SMARTS) is 1. The van der Waals surface area contributed by atoms with E-state index in [9.17, 15) is 9.59 Å². The summed E-state index contributed by atoms with van der Waals surface area (Å²) in [6.45, 7) is 2.49. The Morgan fingerprint density at radius 1 is 1.25 bits per heavy atom. The Kier molecular flexibility index (Phi) is 5.75. The Bertz CT molecular complexity index is 342. The molecule has 2 N–H and O–H groups in total. The van der Waals surface area contributed by atoms with Gasteiger partial charge in [-0.2, -0.15) is 0 Å². The third-order valence-electron chi connectivity index (χ3n) is 3.45. The molecule has 1 amide bonds. The Morgan fingerprint density at radius 3 is 2.70 bits per heavy atom. The molecule has 2 rings (SSSR count). The molecule has 114 valence electrons. The SMILES string of the molecule is O=C(NCCCOC1CCOC1)[C@@H]1CC[C@H](C(=O)O)O1. The lowest BCUT2D eigenvalue weighted by atomic mass is 10.2. The van der Waals surface area contributed by atoms with E-state index < -0.39 is 18.2 Å². The van der Waals surface area contributed by atoms with E-state index in [2.05, 4.69) is 5.32 Å². The highest BCUT2D eigenvalue weighted by atomic mass is 16.5. The van der Waals surface area contributed by atoms with Crippen molar-refractivity contribution >= 4 is 11.9 Å². The second kappa shape index (κ2) is 7.56. The molecular weight excluding hydrogens is 266 g/mol. The van der Waals surface area contributed by atoms with Crippen LogP contribution in [-0.4, -0.2) is 61.7 Å². The van der Waals surface area contributed by atoms with Crippen molar-refractivity contribution in [2.24, 2.45) is 0 Å². The highest BCUT2D eigenvalue weighted by molar-refractivity contribution is 5.82. The zero-order valence-corrected chi connectivity index (χ0v) is 11.4. The van der Waals surface area contributed by atoms with Gasteiger partial charge in [0.25, 0.3) is 0 Å². The van der Waals surface area contributed by atoms with Gasteiger partial charge in [-0.25, -0.2) is 4.79 Å². The van der Waals surface area contributed by atoms with Crippen molar-refractivity contribution in [2.45, 2.75) is 44.0 Å². The summed E-state index contributed by atoms with van der Waals surface area (Å²) < 4.78 is 15.9. The van der Waals surface area contributed by atoms with Gasteiger partial charge < -0.3 is 24.6 Å². The van der Waals surface area contributed by atoms with Gasteiger partial charge in [-0.1, -0.05) is 0 Å². The molecule has 0 radical (unpaired) electrons. The Morgan fingerprint density at radius 2 is 2.05 bits per heavy atom. The molecule has 1 unspecified atom stereocenters. The number of aliphatic carboxylic acids is 1. The van der Waals surface area contributed by atoms with Gasteiger partial charge in [0, 0.05) is 19.8 Å². The van der Waals surface area contributed by atoms with Gasteiger partial charge in [0.15, 0.2) is 6.10 Å². The summed E-state index contributed by atoms with van der Waals surface area (Å²) in [7, 11) is 0. The molecule has 0 bridgehead atoms. The summed E-state index contributed by atoms with van der Waals surface area (Å²) in [5.74, 6) is -1.24. The van der Waals surface area contributed by atoms with E-state index >= 15 is 0 Å². The monoisotopic (exact) mass is 287 g/mol. The van der Waals surface area contributed by atoms with Gasteiger partial charge in [0.1, 0.15) is 6.10 Å². The van der Waals surface area contributed by atoms with E-state index in [4.69, 9.17) is 19.3 Å². The van der Waals surface area contributed by atoms with Crippen LogP contribution < -0.4 is 5.32 Å². The minimum absolute atomic E-state index is 0.181. The fourth-order valence-corrected chi connectivity index (χ4v) is 2.30. The van der Waals surface area contributed by atoms with Crippen LogP contribution in [0.4, 0.5) is 0 Å². The van der Waals surface area contributed by atoms with Crippen molar-refractivity contribution in [1.29, 1.82) is 0 Å². The fourth-order valence-electron chi connectivity index (χ4n) is 2.30. The molecule has 0 saturated carbocycles. The molecule has 3 atom stereocenters. The van der Waals surface area contributed by atoms with Crippen LogP contribution in [0.3, 0.4) is 0 Å². The van der Waals surface area contributed by atoms with Gasteiger partial charge in [0.2, 0.25) is 5.91 Å². The van der Waals surface area contributed by atoms with Crippen molar-refractivity contribution < 1.29 is 28.9 Å². The van der Waals surface area contributed by atoms with Gasteiger partial charge in [-0.3, -0.25) is 4.79 Å². The van der Waals surface area contributed by atoms with E-state index in [-0.39, 0.29) is 12.0 Å². The lowest BCUT2D eigenvalue weighted by molar-refractivity contribution is -0.151. The van der Waals surface area contributed by atoms with Gasteiger partial charge in [0.05, 0.1) is 12.7 Å². The number of carbonyl (C=O) groups is 2. The van der Waals surface area contributed by atoms with Gasteiger partial charge in [-0.05, 0) is 25.7 Å². The normalized spacial score (nSPS) is 29.5. The van der Waals surface area contributed by atoms with Crippen molar-refractivity contribution in [3.8, 4) is 0 Å². The first-order valence-electron chi connectivity index (χ1n) is 7.02. The van der Waals surface area contributed by atoms with Crippen molar-refractivity contribution in [2.75, 3.05) is 26.4 Å². The number of carbonyl (C=O) groups excluding carboxylic acids is 1. The molecular formula is C13H21NO6. The molecule has 7 heteroatoms. The Balaban J connectivity index is 1.53. The number of amides is 1. The van der Waals surface area contributed by atoms with Gasteiger partial charge >= 0.3 is 5.97 Å². The van der Waals surface area contributed by atoms with E-state index in [1.165, 1.54) is 0 Å². The average Bonchev–Trinajstić information content (AvgIpc) is 3.09. The number of carboxylic acids is 1. The second-order valence-electron chi connectivity index (χ2n) is 5.03. The van der Waals surface area contributed by atoms with Crippen LogP contribution in [0.25, 0.3) is 0 Å². The van der Waals surface area contributed by atoms with Crippen molar-refractivity contribution in [1.82, 2.24) is 5.32 Å². The maximum atomic E-state index is 11.7. The van der Waals surface area contributed by atoms with Crippen LogP contribution >= 0.6 is 0 Å². The Labute approximate surface area is 117 Å². The van der Waals surface area contributed by atoms with Crippen molar-refractivity contribution in [3.05, 3.63) is 0 Å². The van der Waals surface area contributed by atoms with E-state index in [1.54, 1.807) is 0 Å². The first kappa shape index (κ1) is 15.2. The van der Waals surface area contributed by atoms with E-state index in [0.29, 0.717) is 32.6 Å². The lowest BCUT2D eigenvalue weighted by Gasteiger charge is -2.13. The first-order valence-corrected chi connectivity index (χ1v) is 7.02. The summed E-state index contributed by atoms with van der Waals surface area (Å²) in [5.41, 5.74) is 0. The molecule has 2 fully saturated rings. The summed E-state index contributed by atoms with van der Waals surface area (Å²) in [4.78, 5) is 22.5. The van der Waals surface area contributed by atoms with Crippen LogP contribution in [-0.2, 0) is 23.8 Å². The average molecular weight is 287 g/mol. The molecule has 0 aromatic rings. The molecule has 2 aliphatic rings. The molecule has 7 nitrogen and oxygen atoms in total. The molecule has 0 aromatic heterocycles. The minimum atomic E-state index is -1.01. The molecule has 0 aromatic carbocycles. The topological polar surface area (TPSA) is 94.1 Å². The standard InChI is InChI=1S/C13H21NO6/c15-12(10-2-3-11(20-10)13(16)17)14-5-1-6-19-9-4-7-18-8-9/h9-11H,1-8H2,(H,14,15)(H,16,17)/t9?,10-,11+/m0/s1. The number of ether oxygens (including phenoxy) is 3. The maximum absolute atomic E-state index is 11.7. The summed E-state index contributed by atoms with van der Waals surface area (Å²) in [5, 5.41) is 11.5. The van der Waals surface area contributed by atoms with Crippen molar-refractivity contribution in [3.63, 3.8) is 0 Å². The molecule has 20 heavy (non-hydrogen) atoms. The number of nitrogens with one attached hydrogen (secondary N) is 1. The number of hydrogen-bond acceptors (Lipinski definition) is 5. The maximum Gasteiger partial charge on any atom is 0.332 e. The van der Waals surface area contributed by atoms with Crippen LogP contribution in [0, 0.1) is 0 Å². The quantitative estimate of drug-likeness (QED) is 0.637. The summed E-state index contributed by atoms with van der Waals surface area (Å²) >= 11 is 0. The largest absolute Gasteiger partial charge is 0.479 e. The van der Waals surface area contributed by atoms with E-state index in [1.807, 2.05) is 0 Å². The predicted molar refractivity (Wildman–Crippen MR) is 68.3 cm³/mol. The van der Waals surface area contributed by atoms with Crippen LogP contribution in [0.5, 0.6) is 0 Å². The molecule has 2 heterocycles. The third kappa shape index (κ3) is 4.43. The highest BCUT2D eigenvalue weighted by Gasteiger charge is 2.34. The zero-order valence-electron chi connectivity index (χ0n) is 11.4. The first-order chi connectivity index (χ1) is 9.66.